The average Bonchev–Trinajstić information content (AvgIpc) is 2.82. The summed E-state index contributed by atoms with van der Waals surface area (Å²) in [5.74, 6) is 0.488. The van der Waals surface area contributed by atoms with E-state index in [1.807, 2.05) is 25.3 Å². The van der Waals surface area contributed by atoms with Crippen molar-refractivity contribution in [2.75, 3.05) is 40.0 Å². The molecule has 2 fully saturated rings. The van der Waals surface area contributed by atoms with Gasteiger partial charge in [-0.25, -0.2) is 0 Å². The molecule has 1 aliphatic heterocycles. The van der Waals surface area contributed by atoms with Crippen molar-refractivity contribution in [2.24, 2.45) is 11.8 Å². The lowest BCUT2D eigenvalue weighted by atomic mass is 9.81. The summed E-state index contributed by atoms with van der Waals surface area (Å²) >= 11 is 1.46. The molecule has 2 aliphatic rings. The van der Waals surface area contributed by atoms with Crippen molar-refractivity contribution < 1.29 is 14.4 Å². The zero-order chi connectivity index (χ0) is 17.7. The van der Waals surface area contributed by atoms with Crippen LogP contribution in [0.15, 0.2) is 0 Å². The normalized spacial score (nSPS) is 27.8. The predicted octanol–water partition coefficient (Wildman–Crippen LogP) is 0.961. The summed E-state index contributed by atoms with van der Waals surface area (Å²) in [6.07, 6.45) is 5.73. The summed E-state index contributed by atoms with van der Waals surface area (Å²) in [7, 11) is 3.97. The second-order valence-corrected chi connectivity index (χ2v) is 8.12. The molecule has 0 aromatic heterocycles. The maximum Gasteiger partial charge on any atom is 0.242 e. The number of carbonyl (C=O) groups excluding carboxylic acids is 3. The minimum absolute atomic E-state index is 0.0314. The summed E-state index contributed by atoms with van der Waals surface area (Å²) in [6.45, 7) is 2.05. The van der Waals surface area contributed by atoms with Crippen molar-refractivity contribution in [3.05, 3.63) is 0 Å². The van der Waals surface area contributed by atoms with Crippen molar-refractivity contribution in [3.8, 4) is 0 Å². The number of carbonyl (C=O) groups is 3. The number of imide groups is 1. The second kappa shape index (κ2) is 8.85. The Morgan fingerprint density at radius 3 is 2.46 bits per heavy atom. The fraction of sp³-hybridized carbons (Fsp3) is 0.824. The average molecular weight is 356 g/mol. The minimum Gasteiger partial charge on any atom is -0.355 e. The molecule has 1 heterocycles. The largest absolute Gasteiger partial charge is 0.355 e. The van der Waals surface area contributed by atoms with Gasteiger partial charge in [0.2, 0.25) is 17.7 Å². The van der Waals surface area contributed by atoms with E-state index in [1.165, 1.54) is 16.7 Å². The molecule has 0 bridgehead atoms. The molecule has 1 saturated carbocycles. The second-order valence-electron chi connectivity index (χ2n) is 7.08. The van der Waals surface area contributed by atoms with Gasteiger partial charge in [-0.1, -0.05) is 0 Å². The Hall–Kier alpha value is -1.08. The van der Waals surface area contributed by atoms with Crippen LogP contribution >= 0.6 is 11.8 Å². The molecule has 1 N–H and O–H groups in total. The van der Waals surface area contributed by atoms with Gasteiger partial charge < -0.3 is 10.2 Å². The predicted molar refractivity (Wildman–Crippen MR) is 95.7 cm³/mol. The van der Waals surface area contributed by atoms with E-state index in [0.29, 0.717) is 25.4 Å². The van der Waals surface area contributed by atoms with Crippen LogP contribution in [-0.2, 0) is 14.4 Å². The summed E-state index contributed by atoms with van der Waals surface area (Å²) in [5.41, 5.74) is 0. The smallest absolute Gasteiger partial charge is 0.242 e. The number of hydrogen-bond donors (Lipinski definition) is 1. The Kier molecular flexibility index (Phi) is 7.10. The molecule has 0 aromatic carbocycles. The highest BCUT2D eigenvalue weighted by Gasteiger charge is 2.39. The van der Waals surface area contributed by atoms with Gasteiger partial charge in [0.25, 0.3) is 0 Å². The number of likely N-dealkylation sites (tertiary alicyclic amines) is 1. The van der Waals surface area contributed by atoms with E-state index in [2.05, 4.69) is 5.32 Å². The first-order valence-corrected chi connectivity index (χ1v) is 10.0. The van der Waals surface area contributed by atoms with Crippen LogP contribution in [0, 0.1) is 11.8 Å². The fourth-order valence-electron chi connectivity index (χ4n) is 3.44. The molecular weight excluding hydrogens is 326 g/mol. The topological polar surface area (TPSA) is 69.7 Å². The van der Waals surface area contributed by atoms with Gasteiger partial charge in [0.05, 0.1) is 5.25 Å². The van der Waals surface area contributed by atoms with Gasteiger partial charge in [-0.3, -0.25) is 19.3 Å². The maximum absolute atomic E-state index is 12.2. The SMILES string of the molecule is CSC1CC(=O)N(CC2CCC(C(=O)NCCN(C)C)CC2)C1=O. The summed E-state index contributed by atoms with van der Waals surface area (Å²) in [6, 6.07) is 0. The van der Waals surface area contributed by atoms with Gasteiger partial charge in [-0.2, -0.15) is 11.8 Å². The Bertz CT molecular complexity index is 476. The summed E-state index contributed by atoms with van der Waals surface area (Å²) in [5, 5.41) is 2.80. The number of nitrogens with one attached hydrogen (secondary N) is 1. The summed E-state index contributed by atoms with van der Waals surface area (Å²) in [4.78, 5) is 39.8. The molecule has 1 aliphatic carbocycles. The third-order valence-electron chi connectivity index (χ3n) is 5.00. The number of nitrogens with zero attached hydrogens (tertiary/aromatic N) is 2. The molecule has 0 aromatic rings. The van der Waals surface area contributed by atoms with E-state index < -0.39 is 0 Å². The quantitative estimate of drug-likeness (QED) is 0.689. The van der Waals surface area contributed by atoms with E-state index in [-0.39, 0.29) is 28.9 Å². The lowest BCUT2D eigenvalue weighted by Crippen LogP contribution is -2.40. The van der Waals surface area contributed by atoms with Crippen LogP contribution < -0.4 is 5.32 Å². The van der Waals surface area contributed by atoms with Crippen LogP contribution in [0.4, 0.5) is 0 Å². The Labute approximate surface area is 148 Å². The van der Waals surface area contributed by atoms with Gasteiger partial charge in [-0.15, -0.1) is 0 Å². The van der Waals surface area contributed by atoms with Crippen molar-refractivity contribution in [2.45, 2.75) is 37.4 Å². The highest BCUT2D eigenvalue weighted by Crippen LogP contribution is 2.31. The molecule has 3 amide bonds. The number of hydrogen-bond acceptors (Lipinski definition) is 5. The molecule has 7 heteroatoms. The first kappa shape index (κ1) is 19.2. The van der Waals surface area contributed by atoms with Crippen LogP contribution in [0.2, 0.25) is 0 Å². The standard InChI is InChI=1S/C17H29N3O3S/c1-19(2)9-8-18-16(22)13-6-4-12(5-7-13)11-20-15(21)10-14(24-3)17(20)23/h12-14H,4-11H2,1-3H3,(H,18,22). The number of rotatable bonds is 7. The zero-order valence-corrected chi connectivity index (χ0v) is 15.7. The number of amides is 3. The van der Waals surface area contributed by atoms with Crippen LogP contribution in [0.5, 0.6) is 0 Å². The van der Waals surface area contributed by atoms with E-state index >= 15 is 0 Å². The van der Waals surface area contributed by atoms with Gasteiger partial charge in [0.1, 0.15) is 0 Å². The molecule has 1 saturated heterocycles. The lowest BCUT2D eigenvalue weighted by Gasteiger charge is -2.30. The number of likely N-dealkylation sites (N-methyl/N-ethyl adjacent to an activating group) is 1. The lowest BCUT2D eigenvalue weighted by molar-refractivity contribution is -0.139. The van der Waals surface area contributed by atoms with Gasteiger partial charge in [-0.05, 0) is 52.0 Å². The minimum atomic E-state index is -0.198. The third-order valence-corrected chi connectivity index (χ3v) is 5.94. The molecule has 0 spiro atoms. The molecule has 2 rings (SSSR count). The van der Waals surface area contributed by atoms with E-state index in [9.17, 15) is 14.4 Å². The Morgan fingerprint density at radius 2 is 1.92 bits per heavy atom. The molecule has 136 valence electrons. The molecule has 1 atom stereocenters. The first-order chi connectivity index (χ1) is 11.4. The Balaban J connectivity index is 1.74. The molecule has 1 unspecified atom stereocenters. The van der Waals surface area contributed by atoms with Crippen molar-refractivity contribution >= 4 is 29.5 Å². The Morgan fingerprint density at radius 1 is 1.25 bits per heavy atom. The third kappa shape index (κ3) is 4.96. The fourth-order valence-corrected chi connectivity index (χ4v) is 4.08. The van der Waals surface area contributed by atoms with E-state index in [0.717, 1.165) is 32.2 Å². The highest BCUT2D eigenvalue weighted by molar-refractivity contribution is 8.00. The van der Waals surface area contributed by atoms with E-state index in [1.54, 1.807) is 0 Å². The molecule has 24 heavy (non-hydrogen) atoms. The highest BCUT2D eigenvalue weighted by atomic mass is 32.2. The van der Waals surface area contributed by atoms with Crippen molar-refractivity contribution in [1.82, 2.24) is 15.1 Å². The van der Waals surface area contributed by atoms with Crippen LogP contribution in [0.3, 0.4) is 0 Å². The monoisotopic (exact) mass is 355 g/mol. The molecule has 6 nitrogen and oxygen atoms in total. The van der Waals surface area contributed by atoms with E-state index in [4.69, 9.17) is 0 Å². The van der Waals surface area contributed by atoms with Crippen LogP contribution in [0.25, 0.3) is 0 Å². The first-order valence-electron chi connectivity index (χ1n) is 8.71. The van der Waals surface area contributed by atoms with Crippen LogP contribution in [0.1, 0.15) is 32.1 Å². The summed E-state index contributed by atoms with van der Waals surface area (Å²) < 4.78 is 0. The van der Waals surface area contributed by atoms with Gasteiger partial charge in [0.15, 0.2) is 0 Å². The van der Waals surface area contributed by atoms with Gasteiger partial charge in [0, 0.05) is 32.0 Å². The van der Waals surface area contributed by atoms with Crippen LogP contribution in [-0.4, -0.2) is 72.8 Å². The maximum atomic E-state index is 12.2. The molecule has 0 radical (unpaired) electrons. The molecular formula is C17H29N3O3S. The van der Waals surface area contributed by atoms with Crippen molar-refractivity contribution in [3.63, 3.8) is 0 Å². The van der Waals surface area contributed by atoms with Gasteiger partial charge >= 0.3 is 0 Å². The van der Waals surface area contributed by atoms with Crippen molar-refractivity contribution in [1.29, 1.82) is 0 Å². The zero-order valence-electron chi connectivity index (χ0n) is 14.9. The number of thioether (sulfide) groups is 1.